The Labute approximate surface area is 99.3 Å². The highest BCUT2D eigenvalue weighted by Gasteiger charge is 2.32. The van der Waals surface area contributed by atoms with Gasteiger partial charge in [-0.2, -0.15) is 0 Å². The number of thiazole rings is 1. The number of nitrogens with two attached hydrogens (primary N) is 1. The van der Waals surface area contributed by atoms with Gasteiger partial charge in [0.1, 0.15) is 0 Å². The number of amides is 1. The third kappa shape index (κ3) is 2.41. The summed E-state index contributed by atoms with van der Waals surface area (Å²) in [6.45, 7) is 2.53. The van der Waals surface area contributed by atoms with Gasteiger partial charge in [-0.25, -0.2) is 4.98 Å². The van der Waals surface area contributed by atoms with Gasteiger partial charge in [0, 0.05) is 11.3 Å². The van der Waals surface area contributed by atoms with Crippen molar-refractivity contribution in [1.29, 1.82) is 0 Å². The lowest BCUT2D eigenvalue weighted by atomic mass is 9.95. The predicted octanol–water partition coefficient (Wildman–Crippen LogP) is 1.77. The van der Waals surface area contributed by atoms with E-state index in [-0.39, 0.29) is 11.8 Å². The van der Waals surface area contributed by atoms with Gasteiger partial charge in [0.2, 0.25) is 5.91 Å². The first-order valence-electron chi connectivity index (χ1n) is 5.63. The zero-order valence-corrected chi connectivity index (χ0v) is 10.2. The summed E-state index contributed by atoms with van der Waals surface area (Å²) in [6.07, 6.45) is 3.14. The Morgan fingerprint density at radius 2 is 2.50 bits per heavy atom. The summed E-state index contributed by atoms with van der Waals surface area (Å²) in [4.78, 5) is 16.2. The molecular formula is C11H17N3OS. The van der Waals surface area contributed by atoms with Crippen molar-refractivity contribution in [1.82, 2.24) is 4.98 Å². The molecule has 1 aliphatic rings. The fraction of sp³-hybridized carbons (Fsp3) is 0.636. The Balaban J connectivity index is 1.97. The van der Waals surface area contributed by atoms with E-state index in [1.807, 2.05) is 12.3 Å². The van der Waals surface area contributed by atoms with Crippen LogP contribution < -0.4 is 11.1 Å². The van der Waals surface area contributed by atoms with Crippen LogP contribution in [0.2, 0.25) is 0 Å². The summed E-state index contributed by atoms with van der Waals surface area (Å²) >= 11 is 1.47. The van der Waals surface area contributed by atoms with Crippen LogP contribution in [0.15, 0.2) is 5.38 Å². The number of carbonyl (C=O) groups is 1. The third-order valence-corrected chi connectivity index (χ3v) is 4.02. The predicted molar refractivity (Wildman–Crippen MR) is 65.4 cm³/mol. The van der Waals surface area contributed by atoms with E-state index in [2.05, 4.69) is 10.3 Å². The summed E-state index contributed by atoms with van der Waals surface area (Å²) in [5.41, 5.74) is 6.61. The number of aromatic nitrogens is 1. The zero-order chi connectivity index (χ0) is 11.5. The number of nitrogens with one attached hydrogen (secondary N) is 1. The number of hydrogen-bond donors (Lipinski definition) is 2. The first-order valence-corrected chi connectivity index (χ1v) is 6.51. The summed E-state index contributed by atoms with van der Waals surface area (Å²) < 4.78 is 0. The Morgan fingerprint density at radius 1 is 1.69 bits per heavy atom. The molecule has 16 heavy (non-hydrogen) atoms. The zero-order valence-electron chi connectivity index (χ0n) is 9.40. The van der Waals surface area contributed by atoms with Crippen molar-refractivity contribution in [3.05, 3.63) is 11.1 Å². The Morgan fingerprint density at radius 3 is 3.12 bits per heavy atom. The van der Waals surface area contributed by atoms with E-state index < -0.39 is 0 Å². The first-order chi connectivity index (χ1) is 7.70. The van der Waals surface area contributed by atoms with Gasteiger partial charge in [-0.15, -0.1) is 11.3 Å². The number of anilines is 1. The van der Waals surface area contributed by atoms with Crippen LogP contribution in [0.3, 0.4) is 0 Å². The largest absolute Gasteiger partial charge is 0.330 e. The van der Waals surface area contributed by atoms with Gasteiger partial charge in [-0.1, -0.05) is 6.42 Å². The quantitative estimate of drug-likeness (QED) is 0.844. The van der Waals surface area contributed by atoms with Crippen LogP contribution in [0.25, 0.3) is 0 Å². The monoisotopic (exact) mass is 239 g/mol. The van der Waals surface area contributed by atoms with Crippen molar-refractivity contribution in [2.45, 2.75) is 26.2 Å². The van der Waals surface area contributed by atoms with Crippen LogP contribution in [0.4, 0.5) is 5.13 Å². The minimum atomic E-state index is 0.0780. The molecule has 2 rings (SSSR count). The van der Waals surface area contributed by atoms with Crippen LogP contribution in [0.5, 0.6) is 0 Å². The van der Waals surface area contributed by atoms with E-state index in [1.165, 1.54) is 11.3 Å². The van der Waals surface area contributed by atoms with Crippen molar-refractivity contribution < 1.29 is 4.79 Å². The number of aryl methyl sites for hydroxylation is 1. The molecule has 1 aromatic rings. The fourth-order valence-corrected chi connectivity index (χ4v) is 2.96. The van der Waals surface area contributed by atoms with Gasteiger partial charge in [0.25, 0.3) is 0 Å². The smallest absolute Gasteiger partial charge is 0.229 e. The normalized spacial score (nSPS) is 24.6. The van der Waals surface area contributed by atoms with E-state index >= 15 is 0 Å². The first kappa shape index (κ1) is 11.5. The minimum absolute atomic E-state index is 0.0780. The number of nitrogens with zero attached hydrogens (tertiary/aromatic N) is 1. The maximum atomic E-state index is 12.0. The molecule has 0 aromatic carbocycles. The number of rotatable bonds is 3. The summed E-state index contributed by atoms with van der Waals surface area (Å²) in [5, 5.41) is 5.52. The van der Waals surface area contributed by atoms with Crippen LogP contribution in [0, 0.1) is 18.8 Å². The third-order valence-electron chi connectivity index (χ3n) is 3.15. The van der Waals surface area contributed by atoms with Crippen molar-refractivity contribution in [2.75, 3.05) is 11.9 Å². The average Bonchev–Trinajstić information content (AvgIpc) is 2.86. The molecule has 0 spiro atoms. The van der Waals surface area contributed by atoms with Crippen molar-refractivity contribution >= 4 is 22.4 Å². The van der Waals surface area contributed by atoms with Crippen molar-refractivity contribution in [3.63, 3.8) is 0 Å². The highest BCUT2D eigenvalue weighted by Crippen LogP contribution is 2.32. The van der Waals surface area contributed by atoms with Gasteiger partial charge in [-0.3, -0.25) is 4.79 Å². The summed E-state index contributed by atoms with van der Waals surface area (Å²) in [6, 6.07) is 0. The molecule has 1 fully saturated rings. The van der Waals surface area contributed by atoms with Gasteiger partial charge < -0.3 is 11.1 Å². The van der Waals surface area contributed by atoms with Crippen LogP contribution >= 0.6 is 11.3 Å². The minimum Gasteiger partial charge on any atom is -0.330 e. The fourth-order valence-electron chi connectivity index (χ4n) is 2.27. The summed E-state index contributed by atoms with van der Waals surface area (Å²) in [5.74, 6) is 0.512. The van der Waals surface area contributed by atoms with Gasteiger partial charge in [-0.05, 0) is 32.2 Å². The standard InChI is InChI=1S/C11H17N3OS/c1-7-6-16-11(13-7)14-10(15)9-4-2-3-8(9)5-12/h6,8-9H,2-5,12H2,1H3,(H,13,14,15)/t8-,9-/m1/s1. The molecule has 5 heteroatoms. The van der Waals surface area contributed by atoms with Crippen LogP contribution in [-0.4, -0.2) is 17.4 Å². The van der Waals surface area contributed by atoms with Crippen molar-refractivity contribution in [2.24, 2.45) is 17.6 Å². The molecule has 1 amide bonds. The molecule has 0 radical (unpaired) electrons. The maximum Gasteiger partial charge on any atom is 0.229 e. The van der Waals surface area contributed by atoms with E-state index in [9.17, 15) is 4.79 Å². The van der Waals surface area contributed by atoms with Crippen LogP contribution in [0.1, 0.15) is 25.0 Å². The Hall–Kier alpha value is -0.940. The molecule has 2 atom stereocenters. The lowest BCUT2D eigenvalue weighted by molar-refractivity contribution is -0.120. The molecule has 88 valence electrons. The van der Waals surface area contributed by atoms with Crippen molar-refractivity contribution in [3.8, 4) is 0 Å². The molecule has 4 nitrogen and oxygen atoms in total. The van der Waals surface area contributed by atoms with Gasteiger partial charge >= 0.3 is 0 Å². The second kappa shape index (κ2) is 4.93. The number of carbonyl (C=O) groups excluding carboxylic acids is 1. The van der Waals surface area contributed by atoms with Gasteiger partial charge in [0.15, 0.2) is 5.13 Å². The molecule has 1 saturated carbocycles. The maximum absolute atomic E-state index is 12.0. The SMILES string of the molecule is Cc1csc(NC(=O)[C@@H]2CCC[C@@H]2CN)n1. The molecule has 0 bridgehead atoms. The second-order valence-electron chi connectivity index (χ2n) is 4.32. The van der Waals surface area contributed by atoms with Crippen LogP contribution in [-0.2, 0) is 4.79 Å². The Kier molecular flexibility index (Phi) is 3.56. The molecule has 1 heterocycles. The second-order valence-corrected chi connectivity index (χ2v) is 5.17. The highest BCUT2D eigenvalue weighted by atomic mass is 32.1. The molecule has 0 saturated heterocycles. The Bertz CT molecular complexity index is 377. The molecule has 3 N–H and O–H groups in total. The van der Waals surface area contributed by atoms with E-state index in [0.29, 0.717) is 17.6 Å². The average molecular weight is 239 g/mol. The van der Waals surface area contributed by atoms with E-state index in [1.54, 1.807) is 0 Å². The number of hydrogen-bond acceptors (Lipinski definition) is 4. The highest BCUT2D eigenvalue weighted by molar-refractivity contribution is 7.13. The van der Waals surface area contributed by atoms with Gasteiger partial charge in [0.05, 0.1) is 5.69 Å². The van der Waals surface area contributed by atoms with E-state index in [0.717, 1.165) is 25.0 Å². The molecular weight excluding hydrogens is 222 g/mol. The lowest BCUT2D eigenvalue weighted by Gasteiger charge is -2.16. The molecule has 1 aromatic heterocycles. The molecule has 0 aliphatic heterocycles. The molecule has 1 aliphatic carbocycles. The summed E-state index contributed by atoms with van der Waals surface area (Å²) in [7, 11) is 0. The lowest BCUT2D eigenvalue weighted by Crippen LogP contribution is -2.29. The van der Waals surface area contributed by atoms with E-state index in [4.69, 9.17) is 5.73 Å². The topological polar surface area (TPSA) is 68.0 Å². The molecule has 0 unspecified atom stereocenters.